The smallest absolute Gasteiger partial charge is 0.358 e. The number of anilines is 3. The molecule has 1 unspecified atom stereocenters. The van der Waals surface area contributed by atoms with Crippen LogP contribution in [0.5, 0.6) is 0 Å². The van der Waals surface area contributed by atoms with Crippen molar-refractivity contribution in [2.45, 2.75) is 32.0 Å². The highest BCUT2D eigenvalue weighted by Crippen LogP contribution is 2.38. The van der Waals surface area contributed by atoms with Gasteiger partial charge in [0.15, 0.2) is 17.3 Å². The number of aromatic amines is 1. The number of H-pyrrole nitrogens is 1. The van der Waals surface area contributed by atoms with Gasteiger partial charge in [-0.05, 0) is 31.9 Å². The van der Waals surface area contributed by atoms with Crippen molar-refractivity contribution in [2.24, 2.45) is 0 Å². The molecule has 2 N–H and O–H groups in total. The van der Waals surface area contributed by atoms with Crippen LogP contribution >= 0.6 is 0 Å². The Hall–Kier alpha value is -3.96. The van der Waals surface area contributed by atoms with Gasteiger partial charge in [0.25, 0.3) is 0 Å². The van der Waals surface area contributed by atoms with Crippen molar-refractivity contribution in [1.82, 2.24) is 30.3 Å². The van der Waals surface area contributed by atoms with Crippen molar-refractivity contribution in [3.63, 3.8) is 0 Å². The van der Waals surface area contributed by atoms with Crippen LogP contribution in [0, 0.1) is 6.92 Å². The molecule has 1 aliphatic heterocycles. The van der Waals surface area contributed by atoms with Crippen molar-refractivity contribution in [3.05, 3.63) is 59.7 Å². The minimum absolute atomic E-state index is 0.00350. The Bertz CT molecular complexity index is 1250. The number of nitrogens with one attached hydrogen (secondary N) is 2. The maximum atomic E-state index is 13.6. The molecule has 12 heteroatoms. The number of alkyl halides is 3. The van der Waals surface area contributed by atoms with Crippen LogP contribution in [0.3, 0.4) is 0 Å². The Morgan fingerprint density at radius 1 is 1.12 bits per heavy atom. The molecular weight excluding hydrogens is 437 g/mol. The quantitative estimate of drug-likeness (QED) is 0.446. The van der Waals surface area contributed by atoms with Gasteiger partial charge in [-0.15, -0.1) is 0 Å². The lowest BCUT2D eigenvalue weighted by Crippen LogP contribution is -2.26. The zero-order valence-electron chi connectivity index (χ0n) is 17.5. The summed E-state index contributed by atoms with van der Waals surface area (Å²) >= 11 is 0. The van der Waals surface area contributed by atoms with E-state index in [4.69, 9.17) is 4.52 Å². The molecule has 170 valence electrons. The third kappa shape index (κ3) is 4.36. The summed E-state index contributed by atoms with van der Waals surface area (Å²) in [7, 11) is 0. The van der Waals surface area contributed by atoms with Crippen molar-refractivity contribution < 1.29 is 17.7 Å². The summed E-state index contributed by atoms with van der Waals surface area (Å²) in [5.74, 6) is 0.833. The van der Waals surface area contributed by atoms with E-state index in [0.717, 1.165) is 18.2 Å². The summed E-state index contributed by atoms with van der Waals surface area (Å²) in [4.78, 5) is 14.1. The molecule has 0 aliphatic carbocycles. The number of aryl methyl sites for hydroxylation is 1. The monoisotopic (exact) mass is 456 g/mol. The van der Waals surface area contributed by atoms with E-state index in [-0.39, 0.29) is 17.8 Å². The van der Waals surface area contributed by atoms with Crippen LogP contribution in [0.25, 0.3) is 11.4 Å². The number of hydrogen-bond acceptors (Lipinski definition) is 8. The number of nitrogens with zero attached hydrogens (tertiary/aromatic N) is 6. The van der Waals surface area contributed by atoms with Gasteiger partial charge in [0.2, 0.25) is 5.95 Å². The second kappa shape index (κ2) is 8.19. The first-order valence-corrected chi connectivity index (χ1v) is 10.3. The van der Waals surface area contributed by atoms with E-state index in [9.17, 15) is 13.2 Å². The van der Waals surface area contributed by atoms with E-state index >= 15 is 0 Å². The van der Waals surface area contributed by atoms with Crippen molar-refractivity contribution in [3.8, 4) is 11.4 Å². The first-order chi connectivity index (χ1) is 15.9. The molecule has 1 fully saturated rings. The van der Waals surface area contributed by atoms with Gasteiger partial charge >= 0.3 is 6.18 Å². The van der Waals surface area contributed by atoms with E-state index in [1.807, 2.05) is 6.07 Å². The molecular formula is C21H19F3N8O. The zero-order valence-corrected chi connectivity index (χ0v) is 17.5. The third-order valence-corrected chi connectivity index (χ3v) is 5.26. The Balaban J connectivity index is 1.48. The minimum atomic E-state index is -4.64. The average molecular weight is 456 g/mol. The number of aromatic nitrogens is 6. The van der Waals surface area contributed by atoms with E-state index in [2.05, 4.69) is 35.6 Å². The predicted molar refractivity (Wildman–Crippen MR) is 113 cm³/mol. The van der Waals surface area contributed by atoms with E-state index < -0.39 is 11.9 Å². The van der Waals surface area contributed by atoms with E-state index in [1.54, 1.807) is 42.3 Å². The first-order valence-electron chi connectivity index (χ1n) is 10.3. The number of hydrogen-bond donors (Lipinski definition) is 2. The van der Waals surface area contributed by atoms with Gasteiger partial charge in [-0.1, -0.05) is 11.2 Å². The van der Waals surface area contributed by atoms with Crippen LogP contribution in [0.1, 0.15) is 36.0 Å². The van der Waals surface area contributed by atoms with Crippen LogP contribution in [0.2, 0.25) is 0 Å². The summed E-state index contributed by atoms with van der Waals surface area (Å²) < 4.78 is 46.3. The molecule has 33 heavy (non-hydrogen) atoms. The summed E-state index contributed by atoms with van der Waals surface area (Å²) in [6.07, 6.45) is -1.58. The van der Waals surface area contributed by atoms with Gasteiger partial charge in [-0.2, -0.15) is 23.3 Å². The van der Waals surface area contributed by atoms with Crippen LogP contribution < -0.4 is 10.2 Å². The van der Waals surface area contributed by atoms with Gasteiger partial charge in [0.1, 0.15) is 11.5 Å². The summed E-state index contributed by atoms with van der Waals surface area (Å²) in [6.45, 7) is 2.27. The van der Waals surface area contributed by atoms with Crippen LogP contribution in [0.15, 0.2) is 47.1 Å². The Kier molecular flexibility index (Phi) is 5.19. The average Bonchev–Trinajstić information content (AvgIpc) is 3.54. The van der Waals surface area contributed by atoms with Gasteiger partial charge < -0.3 is 14.7 Å². The summed E-state index contributed by atoms with van der Waals surface area (Å²) in [5, 5.41) is 13.6. The maximum absolute atomic E-state index is 13.6. The lowest BCUT2D eigenvalue weighted by molar-refractivity contribution is -0.141. The molecule has 1 saturated heterocycles. The Morgan fingerprint density at radius 3 is 2.73 bits per heavy atom. The molecule has 5 rings (SSSR count). The fourth-order valence-electron chi connectivity index (χ4n) is 3.77. The highest BCUT2D eigenvalue weighted by atomic mass is 19.4. The lowest BCUT2D eigenvalue weighted by Gasteiger charge is -2.24. The van der Waals surface area contributed by atoms with Crippen LogP contribution in [0.4, 0.5) is 30.8 Å². The van der Waals surface area contributed by atoms with Gasteiger partial charge in [0.05, 0.1) is 11.7 Å². The van der Waals surface area contributed by atoms with Crippen LogP contribution in [-0.2, 0) is 6.18 Å². The third-order valence-electron chi connectivity index (χ3n) is 5.26. The molecule has 0 radical (unpaired) electrons. The fraction of sp³-hybridized carbons (Fsp3) is 0.286. The molecule has 9 nitrogen and oxygen atoms in total. The molecule has 0 spiro atoms. The summed E-state index contributed by atoms with van der Waals surface area (Å²) in [5.41, 5.74) is 0.919. The molecule has 0 aromatic carbocycles. The highest BCUT2D eigenvalue weighted by molar-refractivity contribution is 5.56. The van der Waals surface area contributed by atoms with Gasteiger partial charge in [-0.3, -0.25) is 10.1 Å². The molecule has 4 aromatic rings. The maximum Gasteiger partial charge on any atom is 0.433 e. The van der Waals surface area contributed by atoms with Crippen molar-refractivity contribution >= 4 is 17.6 Å². The molecule has 1 aliphatic rings. The molecule has 4 aromatic heterocycles. The summed E-state index contributed by atoms with van der Waals surface area (Å²) in [6, 6.07) is 9.38. The Labute approximate surface area is 186 Å². The van der Waals surface area contributed by atoms with Gasteiger partial charge in [0, 0.05) is 36.6 Å². The molecule has 1 atom stereocenters. The predicted octanol–water partition coefficient (Wildman–Crippen LogP) is 4.66. The molecule has 0 bridgehead atoms. The fourth-order valence-corrected chi connectivity index (χ4v) is 3.77. The van der Waals surface area contributed by atoms with Crippen molar-refractivity contribution in [2.75, 3.05) is 16.8 Å². The lowest BCUT2D eigenvalue weighted by atomic mass is 10.1. The number of halogens is 3. The first kappa shape index (κ1) is 20.9. The van der Waals surface area contributed by atoms with Gasteiger partial charge in [-0.25, -0.2) is 4.98 Å². The Morgan fingerprint density at radius 2 is 2.00 bits per heavy atom. The molecule has 0 saturated carbocycles. The second-order valence-electron chi connectivity index (χ2n) is 7.68. The van der Waals surface area contributed by atoms with E-state index in [0.29, 0.717) is 35.9 Å². The number of pyridine rings is 1. The molecule has 0 amide bonds. The topological polar surface area (TPSA) is 109 Å². The van der Waals surface area contributed by atoms with E-state index in [1.165, 1.54) is 0 Å². The number of rotatable bonds is 5. The minimum Gasteiger partial charge on any atom is -0.358 e. The zero-order chi connectivity index (χ0) is 23.0. The standard InChI is InChI=1S/C21H19F3N8O/c1-12-9-19(30-29-12)27-18-11-17(21(22,23)24)26-20(28-18)32-8-4-6-15(32)16-10-14(31-33-16)13-5-2-3-7-25-13/h2-3,5,7,9-11,15H,4,6,8H2,1H3,(H2,26,27,28,29,30). The van der Waals surface area contributed by atoms with Crippen molar-refractivity contribution in [1.29, 1.82) is 0 Å². The second-order valence-corrected chi connectivity index (χ2v) is 7.68. The largest absolute Gasteiger partial charge is 0.433 e. The molecule has 5 heterocycles. The SMILES string of the molecule is Cc1cc(Nc2cc(C(F)(F)F)nc(N3CCCC3c3cc(-c4ccccn4)no3)n2)n[nH]1. The highest BCUT2D eigenvalue weighted by Gasteiger charge is 2.37. The normalized spacial score (nSPS) is 16.4. The van der Waals surface area contributed by atoms with Crippen LogP contribution in [-0.4, -0.2) is 36.9 Å².